The Morgan fingerprint density at radius 1 is 1.12 bits per heavy atom. The fraction of sp³-hybridized carbons (Fsp3) is 0.286. The number of carbonyl (C=O) groups excluding carboxylic acids is 1. The Morgan fingerprint density at radius 2 is 1.72 bits per heavy atom. The minimum atomic E-state index is -1.25. The van der Waals surface area contributed by atoms with Crippen LogP contribution in [0.25, 0.3) is 0 Å². The van der Waals surface area contributed by atoms with Gasteiger partial charge in [-0.05, 0) is 31.9 Å². The molecule has 25 heavy (non-hydrogen) atoms. The number of esters is 1. The Balaban J connectivity index is 2.25. The van der Waals surface area contributed by atoms with Gasteiger partial charge in [0.1, 0.15) is 16.9 Å². The summed E-state index contributed by atoms with van der Waals surface area (Å²) in [6, 6.07) is 18.8. The first-order valence-electron chi connectivity index (χ1n) is 8.19. The smallest absolute Gasteiger partial charge is 0.317 e. The molecule has 2 unspecified atom stereocenters. The monoisotopic (exact) mass is 332 g/mol. The van der Waals surface area contributed by atoms with Gasteiger partial charge in [-0.15, -0.1) is 0 Å². The zero-order valence-corrected chi connectivity index (χ0v) is 14.5. The third-order valence-corrected chi connectivity index (χ3v) is 4.41. The number of nitrogens with zero attached hydrogens (tertiary/aromatic N) is 1. The molecule has 0 spiro atoms. The van der Waals surface area contributed by atoms with Crippen LogP contribution in [0.5, 0.6) is 0 Å². The second-order valence-corrected chi connectivity index (χ2v) is 7.21. The maximum Gasteiger partial charge on any atom is 0.317 e. The topological polar surface area (TPSA) is 73.9 Å². The maximum absolute atomic E-state index is 13.0. The molecule has 0 aromatic heterocycles. The molecule has 4 heteroatoms. The summed E-state index contributed by atoms with van der Waals surface area (Å²) >= 11 is 0. The van der Waals surface area contributed by atoms with Gasteiger partial charge < -0.3 is 10.1 Å². The molecular formula is C21H20N2O2. The van der Waals surface area contributed by atoms with Gasteiger partial charge in [-0.1, -0.05) is 54.6 Å². The van der Waals surface area contributed by atoms with Gasteiger partial charge in [-0.3, -0.25) is 4.79 Å². The Morgan fingerprint density at radius 3 is 2.32 bits per heavy atom. The van der Waals surface area contributed by atoms with Crippen LogP contribution in [0.4, 0.5) is 0 Å². The highest BCUT2D eigenvalue weighted by molar-refractivity contribution is 6.16. The first kappa shape index (κ1) is 16.9. The molecule has 2 aromatic rings. The van der Waals surface area contributed by atoms with Gasteiger partial charge >= 0.3 is 5.97 Å². The van der Waals surface area contributed by atoms with Gasteiger partial charge in [0.2, 0.25) is 0 Å². The molecule has 0 saturated carbocycles. The van der Waals surface area contributed by atoms with E-state index in [0.29, 0.717) is 16.7 Å². The molecule has 0 aliphatic heterocycles. The second-order valence-electron chi connectivity index (χ2n) is 7.21. The van der Waals surface area contributed by atoms with E-state index in [-0.39, 0.29) is 5.71 Å². The van der Waals surface area contributed by atoms with E-state index in [1.165, 1.54) is 0 Å². The zero-order valence-electron chi connectivity index (χ0n) is 14.5. The molecule has 2 atom stereocenters. The van der Waals surface area contributed by atoms with Crippen molar-refractivity contribution in [1.82, 2.24) is 0 Å². The number of fused-ring (bicyclic) bond motifs is 1. The van der Waals surface area contributed by atoms with Crippen molar-refractivity contribution in [2.75, 3.05) is 0 Å². The first-order chi connectivity index (χ1) is 11.8. The van der Waals surface area contributed by atoms with E-state index in [9.17, 15) is 10.1 Å². The average molecular weight is 332 g/mol. The van der Waals surface area contributed by atoms with E-state index in [1.807, 2.05) is 48.5 Å². The highest BCUT2D eigenvalue weighted by atomic mass is 16.6. The van der Waals surface area contributed by atoms with Gasteiger partial charge in [0.25, 0.3) is 0 Å². The van der Waals surface area contributed by atoms with E-state index in [0.717, 1.165) is 0 Å². The van der Waals surface area contributed by atoms with Gasteiger partial charge in [0.15, 0.2) is 0 Å². The summed E-state index contributed by atoms with van der Waals surface area (Å²) in [7, 11) is 0. The molecule has 0 saturated heterocycles. The molecular weight excluding hydrogens is 312 g/mol. The number of rotatable bonds is 2. The number of hydrogen-bond donors (Lipinski definition) is 1. The molecule has 1 aliphatic carbocycles. The van der Waals surface area contributed by atoms with Crippen molar-refractivity contribution in [3.05, 3.63) is 71.3 Å². The normalized spacial score (nSPS) is 22.2. The Bertz CT molecular complexity index is 875. The number of nitriles is 1. The average Bonchev–Trinajstić information content (AvgIpc) is 2.84. The summed E-state index contributed by atoms with van der Waals surface area (Å²) in [6.45, 7) is 5.35. The molecule has 0 bridgehead atoms. The molecule has 0 amide bonds. The molecule has 0 heterocycles. The van der Waals surface area contributed by atoms with E-state index in [4.69, 9.17) is 10.1 Å². The lowest BCUT2D eigenvalue weighted by Crippen LogP contribution is -2.42. The summed E-state index contributed by atoms with van der Waals surface area (Å²) in [5, 5.41) is 18.8. The standard InChI is InChI=1S/C21H20N2O2/c1-20(2,3)25-19(24)17-18(23)15-11-7-8-12-16(15)21(17,13-22)14-9-5-4-6-10-14/h4-12,17,23H,1-3H3. The quantitative estimate of drug-likeness (QED) is 0.849. The summed E-state index contributed by atoms with van der Waals surface area (Å²) in [4.78, 5) is 13.0. The van der Waals surface area contributed by atoms with Crippen LogP contribution < -0.4 is 0 Å². The molecule has 126 valence electrons. The fourth-order valence-corrected chi connectivity index (χ4v) is 3.46. The van der Waals surface area contributed by atoms with E-state index >= 15 is 0 Å². The number of nitrogens with one attached hydrogen (secondary N) is 1. The summed E-state index contributed by atoms with van der Waals surface area (Å²) in [6.07, 6.45) is 0. The lowest BCUT2D eigenvalue weighted by molar-refractivity contribution is -0.158. The minimum absolute atomic E-state index is 0.134. The maximum atomic E-state index is 13.0. The van der Waals surface area contributed by atoms with Crippen LogP contribution in [-0.2, 0) is 14.9 Å². The summed E-state index contributed by atoms with van der Waals surface area (Å²) < 4.78 is 5.57. The van der Waals surface area contributed by atoms with Crippen LogP contribution in [0.3, 0.4) is 0 Å². The molecule has 3 rings (SSSR count). The van der Waals surface area contributed by atoms with Crippen LogP contribution in [0, 0.1) is 22.7 Å². The number of carbonyl (C=O) groups is 1. The first-order valence-corrected chi connectivity index (χ1v) is 8.19. The molecule has 2 aromatic carbocycles. The summed E-state index contributed by atoms with van der Waals surface area (Å²) in [5.74, 6) is -1.53. The largest absolute Gasteiger partial charge is 0.459 e. The highest BCUT2D eigenvalue weighted by Crippen LogP contribution is 2.48. The van der Waals surface area contributed by atoms with Crippen LogP contribution in [0.2, 0.25) is 0 Å². The lowest BCUT2D eigenvalue weighted by Gasteiger charge is -2.31. The van der Waals surface area contributed by atoms with Crippen molar-refractivity contribution in [3.63, 3.8) is 0 Å². The Hall–Kier alpha value is -2.93. The van der Waals surface area contributed by atoms with Crippen molar-refractivity contribution in [3.8, 4) is 6.07 Å². The molecule has 1 N–H and O–H groups in total. The Kier molecular flexibility index (Phi) is 3.96. The third kappa shape index (κ3) is 2.62. The molecule has 4 nitrogen and oxygen atoms in total. The van der Waals surface area contributed by atoms with Gasteiger partial charge in [0, 0.05) is 5.56 Å². The van der Waals surface area contributed by atoms with Crippen molar-refractivity contribution >= 4 is 11.7 Å². The fourth-order valence-electron chi connectivity index (χ4n) is 3.46. The molecule has 0 fully saturated rings. The predicted molar refractivity (Wildman–Crippen MR) is 95.4 cm³/mol. The number of hydrogen-bond acceptors (Lipinski definition) is 4. The van der Waals surface area contributed by atoms with Crippen molar-refractivity contribution in [2.24, 2.45) is 5.92 Å². The summed E-state index contributed by atoms with van der Waals surface area (Å²) in [5.41, 5.74) is 0.202. The minimum Gasteiger partial charge on any atom is -0.459 e. The van der Waals surface area contributed by atoms with Crippen LogP contribution in [0.15, 0.2) is 54.6 Å². The molecule has 0 radical (unpaired) electrons. The van der Waals surface area contributed by atoms with E-state index in [1.54, 1.807) is 26.8 Å². The van der Waals surface area contributed by atoms with Gasteiger partial charge in [-0.2, -0.15) is 5.26 Å². The SMILES string of the molecule is CC(C)(C)OC(=O)C1C(=N)c2ccccc2C1(C#N)c1ccccc1. The lowest BCUT2D eigenvalue weighted by atomic mass is 9.70. The van der Waals surface area contributed by atoms with Crippen molar-refractivity contribution < 1.29 is 9.53 Å². The van der Waals surface area contributed by atoms with Crippen LogP contribution >= 0.6 is 0 Å². The van der Waals surface area contributed by atoms with Crippen LogP contribution in [-0.4, -0.2) is 17.3 Å². The van der Waals surface area contributed by atoms with Crippen molar-refractivity contribution in [2.45, 2.75) is 31.8 Å². The van der Waals surface area contributed by atoms with E-state index in [2.05, 4.69) is 6.07 Å². The van der Waals surface area contributed by atoms with Gasteiger partial charge in [-0.25, -0.2) is 0 Å². The zero-order chi connectivity index (χ0) is 18.2. The molecule has 1 aliphatic rings. The van der Waals surface area contributed by atoms with Crippen molar-refractivity contribution in [1.29, 1.82) is 10.7 Å². The second kappa shape index (κ2) is 5.86. The number of ether oxygens (including phenoxy) is 1. The van der Waals surface area contributed by atoms with E-state index < -0.39 is 22.9 Å². The number of benzene rings is 2. The Labute approximate surface area is 147 Å². The van der Waals surface area contributed by atoms with Gasteiger partial charge in [0.05, 0.1) is 11.8 Å². The third-order valence-electron chi connectivity index (χ3n) is 4.41. The van der Waals surface area contributed by atoms with Crippen LogP contribution in [0.1, 0.15) is 37.5 Å². The highest BCUT2D eigenvalue weighted by Gasteiger charge is 2.56. The predicted octanol–water partition coefficient (Wildman–Crippen LogP) is 3.84.